The summed E-state index contributed by atoms with van der Waals surface area (Å²) in [6, 6.07) is 7.52. The van der Waals surface area contributed by atoms with E-state index in [2.05, 4.69) is 4.90 Å². The van der Waals surface area contributed by atoms with E-state index in [1.165, 1.54) is 0 Å². The number of nitrogens with zero attached hydrogens (tertiary/aromatic N) is 1. The number of carbonyl (C=O) groups is 3. The summed E-state index contributed by atoms with van der Waals surface area (Å²) in [4.78, 5) is 33.1. The zero-order valence-electron chi connectivity index (χ0n) is 15.0. The summed E-state index contributed by atoms with van der Waals surface area (Å²) in [6.07, 6.45) is 1.38. The number of morpholine rings is 1. The van der Waals surface area contributed by atoms with E-state index in [-0.39, 0.29) is 18.0 Å². The second-order valence-electron chi connectivity index (χ2n) is 6.29. The van der Waals surface area contributed by atoms with Crippen LogP contribution in [0, 0.1) is 5.92 Å². The van der Waals surface area contributed by atoms with E-state index < -0.39 is 11.9 Å². The highest BCUT2D eigenvalue weighted by Gasteiger charge is 2.36. The molecule has 9 heteroatoms. The molecule has 2 fully saturated rings. The third-order valence-electron chi connectivity index (χ3n) is 4.27. The van der Waals surface area contributed by atoms with Crippen LogP contribution < -0.4 is 10.2 Å². The van der Waals surface area contributed by atoms with Crippen LogP contribution in [0.1, 0.15) is 18.1 Å². The van der Waals surface area contributed by atoms with Crippen LogP contribution in [-0.2, 0) is 23.9 Å². The molecule has 2 unspecified atom stereocenters. The average molecular weight is 410 g/mol. The molecule has 8 nitrogen and oxygen atoms in total. The van der Waals surface area contributed by atoms with Crippen molar-refractivity contribution in [3.05, 3.63) is 47.0 Å². The Hall–Kier alpha value is -2.42. The standard InChI is InChI=1S/C15H18ClNO3.C4H4O4/c16-13-3-1-11(2-4-13)14-9-12(15(18)20-14)10-17-5-7-19-8-6-17;5-3(6)1-2-4(7)8/h1-4,12,14H,5-10H2;1-2H,(H,5,6)(H,7,8)/p-2/b;2-1-. The number of rotatable bonds is 5. The first-order chi connectivity index (χ1) is 13.3. The number of hydrogen-bond acceptors (Lipinski definition) is 8. The fourth-order valence-corrected chi connectivity index (χ4v) is 3.03. The van der Waals surface area contributed by atoms with Crippen molar-refractivity contribution in [1.29, 1.82) is 0 Å². The van der Waals surface area contributed by atoms with Gasteiger partial charge in [0.1, 0.15) is 6.10 Å². The van der Waals surface area contributed by atoms with Crippen LogP contribution in [0.5, 0.6) is 0 Å². The van der Waals surface area contributed by atoms with Gasteiger partial charge >= 0.3 is 5.97 Å². The van der Waals surface area contributed by atoms with Crippen LogP contribution in [0.4, 0.5) is 0 Å². The number of ether oxygens (including phenoxy) is 2. The van der Waals surface area contributed by atoms with Crippen LogP contribution in [0.2, 0.25) is 5.02 Å². The molecule has 2 aliphatic rings. The number of esters is 1. The highest BCUT2D eigenvalue weighted by molar-refractivity contribution is 6.30. The fraction of sp³-hybridized carbons (Fsp3) is 0.421. The van der Waals surface area contributed by atoms with E-state index in [0.717, 1.165) is 44.8 Å². The zero-order valence-corrected chi connectivity index (χ0v) is 15.8. The first-order valence-electron chi connectivity index (χ1n) is 8.71. The topological polar surface area (TPSA) is 119 Å². The summed E-state index contributed by atoms with van der Waals surface area (Å²) in [5, 5.41) is 19.5. The molecule has 0 N–H and O–H groups in total. The number of cyclic esters (lactones) is 1. The SMILES string of the molecule is O=C([O-])/C=C\C(=O)[O-].O=C1OC(c2ccc(Cl)cc2)CC1CN1CCOCC1. The highest BCUT2D eigenvalue weighted by Crippen LogP contribution is 2.34. The molecule has 2 heterocycles. The summed E-state index contributed by atoms with van der Waals surface area (Å²) in [6.45, 7) is 4.07. The van der Waals surface area contributed by atoms with E-state index >= 15 is 0 Å². The Kier molecular flexibility index (Phi) is 8.43. The Bertz CT molecular complexity index is 697. The second kappa shape index (κ2) is 10.8. The maximum atomic E-state index is 12.0. The van der Waals surface area contributed by atoms with Crippen molar-refractivity contribution < 1.29 is 34.1 Å². The van der Waals surface area contributed by atoms with E-state index in [9.17, 15) is 24.6 Å². The van der Waals surface area contributed by atoms with E-state index in [0.29, 0.717) is 17.2 Å². The molecule has 0 amide bonds. The van der Waals surface area contributed by atoms with Crippen LogP contribution >= 0.6 is 11.6 Å². The molecule has 2 atom stereocenters. The third kappa shape index (κ3) is 7.30. The molecule has 152 valence electrons. The van der Waals surface area contributed by atoms with Crippen molar-refractivity contribution in [1.82, 2.24) is 4.90 Å². The highest BCUT2D eigenvalue weighted by atomic mass is 35.5. The summed E-state index contributed by atoms with van der Waals surface area (Å²) >= 11 is 5.88. The average Bonchev–Trinajstić information content (AvgIpc) is 3.02. The summed E-state index contributed by atoms with van der Waals surface area (Å²) < 4.78 is 10.8. The first-order valence-corrected chi connectivity index (χ1v) is 9.09. The molecule has 0 bridgehead atoms. The summed E-state index contributed by atoms with van der Waals surface area (Å²) in [7, 11) is 0. The van der Waals surface area contributed by atoms with Crippen molar-refractivity contribution in [2.75, 3.05) is 32.8 Å². The monoisotopic (exact) mass is 409 g/mol. The quantitative estimate of drug-likeness (QED) is 0.463. The van der Waals surface area contributed by atoms with Crippen molar-refractivity contribution >= 4 is 29.5 Å². The van der Waals surface area contributed by atoms with Crippen LogP contribution in [-0.4, -0.2) is 55.7 Å². The molecule has 0 aromatic heterocycles. The molecule has 2 aliphatic heterocycles. The van der Waals surface area contributed by atoms with Gasteiger partial charge in [-0.2, -0.15) is 0 Å². The Morgan fingerprint density at radius 2 is 1.68 bits per heavy atom. The lowest BCUT2D eigenvalue weighted by Gasteiger charge is -2.27. The predicted molar refractivity (Wildman–Crippen MR) is 94.8 cm³/mol. The number of carboxylic acids is 2. The van der Waals surface area contributed by atoms with Crippen LogP contribution in [0.3, 0.4) is 0 Å². The number of halogens is 1. The molecule has 0 radical (unpaired) electrons. The zero-order chi connectivity index (χ0) is 20.5. The Labute approximate surface area is 167 Å². The molecule has 0 saturated carbocycles. The Morgan fingerprint density at radius 1 is 1.11 bits per heavy atom. The first kappa shape index (κ1) is 21.9. The molecule has 1 aromatic rings. The van der Waals surface area contributed by atoms with Crippen LogP contribution in [0.15, 0.2) is 36.4 Å². The lowest BCUT2D eigenvalue weighted by Crippen LogP contribution is -2.40. The summed E-state index contributed by atoms with van der Waals surface area (Å²) in [5.41, 5.74) is 1.02. The van der Waals surface area contributed by atoms with Gasteiger partial charge in [0.05, 0.1) is 31.1 Å². The van der Waals surface area contributed by atoms with Gasteiger partial charge in [-0.1, -0.05) is 23.7 Å². The van der Waals surface area contributed by atoms with Crippen molar-refractivity contribution in [2.45, 2.75) is 12.5 Å². The number of hydrogen-bond donors (Lipinski definition) is 0. The molecule has 0 spiro atoms. The van der Waals surface area contributed by atoms with Crippen LogP contribution in [0.25, 0.3) is 0 Å². The smallest absolute Gasteiger partial charge is 0.311 e. The van der Waals surface area contributed by atoms with Crippen molar-refractivity contribution in [3.8, 4) is 0 Å². The van der Waals surface area contributed by atoms with Gasteiger partial charge in [-0.3, -0.25) is 9.69 Å². The van der Waals surface area contributed by atoms with E-state index in [1.54, 1.807) is 0 Å². The van der Waals surface area contributed by atoms with Gasteiger partial charge in [0.2, 0.25) is 0 Å². The maximum absolute atomic E-state index is 12.0. The van der Waals surface area contributed by atoms with Gasteiger partial charge < -0.3 is 29.3 Å². The van der Waals surface area contributed by atoms with Gasteiger partial charge in [0, 0.05) is 31.1 Å². The molecular weight excluding hydrogens is 390 g/mol. The fourth-order valence-electron chi connectivity index (χ4n) is 2.90. The van der Waals surface area contributed by atoms with Gasteiger partial charge in [-0.25, -0.2) is 0 Å². The Balaban J connectivity index is 0.000000300. The summed E-state index contributed by atoms with van der Waals surface area (Å²) in [5.74, 6) is -3.21. The number of benzene rings is 1. The van der Waals surface area contributed by atoms with Gasteiger partial charge in [0.25, 0.3) is 0 Å². The van der Waals surface area contributed by atoms with Gasteiger partial charge in [0.15, 0.2) is 0 Å². The van der Waals surface area contributed by atoms with Gasteiger partial charge in [-0.05, 0) is 29.8 Å². The molecule has 1 aromatic carbocycles. The maximum Gasteiger partial charge on any atom is 0.311 e. The number of carboxylic acid groups (broad SMARTS) is 2. The minimum Gasteiger partial charge on any atom is -0.545 e. The minimum absolute atomic E-state index is 0.0335. The largest absolute Gasteiger partial charge is 0.545 e. The molecule has 2 saturated heterocycles. The normalized spacial score (nSPS) is 22.4. The molecule has 0 aliphatic carbocycles. The molecular formula is C19H20ClNO7-2. The minimum atomic E-state index is -1.55. The lowest BCUT2D eigenvalue weighted by molar-refractivity contribution is -0.301. The van der Waals surface area contributed by atoms with E-state index in [1.807, 2.05) is 24.3 Å². The molecule has 28 heavy (non-hydrogen) atoms. The predicted octanol–water partition coefficient (Wildman–Crippen LogP) is -0.681. The van der Waals surface area contributed by atoms with Crippen molar-refractivity contribution in [3.63, 3.8) is 0 Å². The lowest BCUT2D eigenvalue weighted by atomic mass is 9.99. The molecule has 3 rings (SSSR count). The van der Waals surface area contributed by atoms with E-state index in [4.69, 9.17) is 21.1 Å². The van der Waals surface area contributed by atoms with Crippen molar-refractivity contribution in [2.24, 2.45) is 5.92 Å². The number of aliphatic carboxylic acids is 2. The van der Waals surface area contributed by atoms with Gasteiger partial charge in [-0.15, -0.1) is 0 Å². The Morgan fingerprint density at radius 3 is 2.21 bits per heavy atom. The number of carbonyl (C=O) groups excluding carboxylic acids is 3. The third-order valence-corrected chi connectivity index (χ3v) is 4.52. The second-order valence-corrected chi connectivity index (χ2v) is 6.73.